The van der Waals surface area contributed by atoms with Crippen molar-refractivity contribution in [2.24, 2.45) is 0 Å². The molecule has 0 aromatic rings. The molecule has 362 valence electrons. The van der Waals surface area contributed by atoms with Crippen LogP contribution >= 0.6 is 0 Å². The van der Waals surface area contributed by atoms with E-state index >= 15 is 0 Å². The predicted molar refractivity (Wildman–Crippen MR) is 270 cm³/mol. The molecule has 0 saturated heterocycles. The summed E-state index contributed by atoms with van der Waals surface area (Å²) >= 11 is 0. The van der Waals surface area contributed by atoms with Gasteiger partial charge in [-0.1, -0.05) is 209 Å². The van der Waals surface area contributed by atoms with E-state index in [1.807, 2.05) is 0 Å². The van der Waals surface area contributed by atoms with Crippen LogP contribution in [0.2, 0.25) is 0 Å². The first-order chi connectivity index (χ1) is 31.0. The lowest BCUT2D eigenvalue weighted by Crippen LogP contribution is -2.30. The maximum absolute atomic E-state index is 12.8. The van der Waals surface area contributed by atoms with E-state index in [1.165, 1.54) is 103 Å². The van der Waals surface area contributed by atoms with Crippen LogP contribution in [-0.4, -0.2) is 37.2 Å². The fraction of sp³-hybridized carbons (Fsp3) is 0.737. The molecule has 0 spiro atoms. The van der Waals surface area contributed by atoms with Gasteiger partial charge in [0.05, 0.1) is 0 Å². The van der Waals surface area contributed by atoms with Gasteiger partial charge in [0, 0.05) is 19.3 Å². The molecule has 0 saturated carbocycles. The van der Waals surface area contributed by atoms with E-state index < -0.39 is 6.10 Å². The second-order valence-electron chi connectivity index (χ2n) is 17.4. The summed E-state index contributed by atoms with van der Waals surface area (Å²) in [5.41, 5.74) is 0. The van der Waals surface area contributed by atoms with Gasteiger partial charge in [-0.05, 0) is 96.3 Å². The van der Waals surface area contributed by atoms with Crippen molar-refractivity contribution in [2.45, 2.75) is 258 Å². The highest BCUT2D eigenvalue weighted by Gasteiger charge is 2.19. The zero-order valence-corrected chi connectivity index (χ0v) is 41.3. The molecule has 0 aliphatic carbocycles. The van der Waals surface area contributed by atoms with Crippen molar-refractivity contribution in [1.29, 1.82) is 0 Å². The summed E-state index contributed by atoms with van der Waals surface area (Å²) in [7, 11) is 0. The van der Waals surface area contributed by atoms with Crippen molar-refractivity contribution in [2.75, 3.05) is 13.2 Å². The first kappa shape index (κ1) is 59.9. The third kappa shape index (κ3) is 49.7. The van der Waals surface area contributed by atoms with Gasteiger partial charge in [0.25, 0.3) is 0 Å². The maximum atomic E-state index is 12.8. The highest BCUT2D eigenvalue weighted by Crippen LogP contribution is 2.14. The Balaban J connectivity index is 4.44. The fourth-order valence-electron chi connectivity index (χ4n) is 7.16. The molecule has 0 rings (SSSR count). The van der Waals surface area contributed by atoms with Gasteiger partial charge in [-0.3, -0.25) is 14.4 Å². The number of allylic oxidation sites excluding steroid dienone is 12. The maximum Gasteiger partial charge on any atom is 0.306 e. The Kier molecular flexibility index (Phi) is 48.9. The Hall–Kier alpha value is -3.15. The molecule has 0 aromatic carbocycles. The van der Waals surface area contributed by atoms with Crippen LogP contribution in [-0.2, 0) is 28.6 Å². The van der Waals surface area contributed by atoms with Crippen molar-refractivity contribution in [3.8, 4) is 0 Å². The highest BCUT2D eigenvalue weighted by atomic mass is 16.6. The summed E-state index contributed by atoms with van der Waals surface area (Å²) in [5, 5.41) is 0. The minimum atomic E-state index is -0.793. The highest BCUT2D eigenvalue weighted by molar-refractivity contribution is 5.71. The van der Waals surface area contributed by atoms with Crippen LogP contribution in [0, 0.1) is 0 Å². The zero-order chi connectivity index (χ0) is 45.8. The van der Waals surface area contributed by atoms with Crippen LogP contribution in [0.25, 0.3) is 0 Å². The van der Waals surface area contributed by atoms with Crippen molar-refractivity contribution >= 4 is 17.9 Å². The number of hydrogen-bond donors (Lipinski definition) is 0. The van der Waals surface area contributed by atoms with E-state index in [-0.39, 0.29) is 31.1 Å². The topological polar surface area (TPSA) is 78.9 Å². The van der Waals surface area contributed by atoms with Crippen molar-refractivity contribution in [1.82, 2.24) is 0 Å². The normalized spacial score (nSPS) is 12.6. The molecule has 0 unspecified atom stereocenters. The monoisotopic (exact) mass is 879 g/mol. The molecule has 63 heavy (non-hydrogen) atoms. The van der Waals surface area contributed by atoms with Crippen molar-refractivity contribution in [3.63, 3.8) is 0 Å². The van der Waals surface area contributed by atoms with Crippen LogP contribution in [0.5, 0.6) is 0 Å². The lowest BCUT2D eigenvalue weighted by molar-refractivity contribution is -0.167. The van der Waals surface area contributed by atoms with Gasteiger partial charge in [-0.25, -0.2) is 0 Å². The zero-order valence-electron chi connectivity index (χ0n) is 41.3. The molecule has 0 radical (unpaired) electrons. The number of ether oxygens (including phenoxy) is 3. The van der Waals surface area contributed by atoms with Crippen LogP contribution < -0.4 is 0 Å². The van der Waals surface area contributed by atoms with Gasteiger partial charge < -0.3 is 14.2 Å². The molecule has 0 aliphatic rings. The van der Waals surface area contributed by atoms with Gasteiger partial charge in [0.1, 0.15) is 13.2 Å². The number of carbonyl (C=O) groups is 3. The first-order valence-electron chi connectivity index (χ1n) is 26.4. The molecule has 0 N–H and O–H groups in total. The third-order valence-electron chi connectivity index (χ3n) is 11.2. The van der Waals surface area contributed by atoms with E-state index in [4.69, 9.17) is 14.2 Å². The molecule has 0 aromatic heterocycles. The number of unbranched alkanes of at least 4 members (excludes halogenated alkanes) is 24. The van der Waals surface area contributed by atoms with Gasteiger partial charge in [0.15, 0.2) is 6.10 Å². The Bertz CT molecular complexity index is 1190. The molecule has 1 atom stereocenters. The summed E-state index contributed by atoms with van der Waals surface area (Å²) in [6.45, 7) is 6.54. The van der Waals surface area contributed by atoms with E-state index in [2.05, 4.69) is 93.7 Å². The molecule has 0 aliphatic heterocycles. The van der Waals surface area contributed by atoms with E-state index in [0.29, 0.717) is 19.3 Å². The number of esters is 3. The summed E-state index contributed by atoms with van der Waals surface area (Å²) in [6.07, 6.45) is 64.5. The van der Waals surface area contributed by atoms with Crippen LogP contribution in [0.3, 0.4) is 0 Å². The second kappa shape index (κ2) is 51.5. The number of carbonyl (C=O) groups excluding carboxylic acids is 3. The lowest BCUT2D eigenvalue weighted by atomic mass is 10.1. The molecule has 0 amide bonds. The minimum Gasteiger partial charge on any atom is -0.462 e. The largest absolute Gasteiger partial charge is 0.462 e. The van der Waals surface area contributed by atoms with Gasteiger partial charge in [0.2, 0.25) is 0 Å². The summed E-state index contributed by atoms with van der Waals surface area (Å²) < 4.78 is 16.8. The van der Waals surface area contributed by atoms with Gasteiger partial charge in [-0.2, -0.15) is 0 Å². The Morgan fingerprint density at radius 2 is 0.571 bits per heavy atom. The smallest absolute Gasteiger partial charge is 0.306 e. The SMILES string of the molecule is CCCCC/C=C\C/C=C\C/C=C\C/C=C\CCCCCC(=O)OC[C@@H](COC(=O)CCCCCCCCCCCCC)OC(=O)CCCCCCC/C=C\C/C=C\CCCCC. The van der Waals surface area contributed by atoms with E-state index in [0.717, 1.165) is 109 Å². The van der Waals surface area contributed by atoms with Crippen LogP contribution in [0.1, 0.15) is 252 Å². The molecular formula is C57H98O6. The van der Waals surface area contributed by atoms with E-state index in [1.54, 1.807) is 0 Å². The summed E-state index contributed by atoms with van der Waals surface area (Å²) in [6, 6.07) is 0. The second-order valence-corrected chi connectivity index (χ2v) is 17.4. The summed E-state index contributed by atoms with van der Waals surface area (Å²) in [5.74, 6) is -0.934. The molecule has 6 heteroatoms. The summed E-state index contributed by atoms with van der Waals surface area (Å²) in [4.78, 5) is 38.0. The number of rotatable bonds is 47. The molecule has 0 fully saturated rings. The molecular weight excluding hydrogens is 781 g/mol. The fourth-order valence-corrected chi connectivity index (χ4v) is 7.16. The Morgan fingerprint density at radius 3 is 0.937 bits per heavy atom. The Morgan fingerprint density at radius 1 is 0.317 bits per heavy atom. The lowest BCUT2D eigenvalue weighted by Gasteiger charge is -2.18. The van der Waals surface area contributed by atoms with Crippen molar-refractivity contribution < 1.29 is 28.6 Å². The van der Waals surface area contributed by atoms with Gasteiger partial charge >= 0.3 is 17.9 Å². The first-order valence-corrected chi connectivity index (χ1v) is 26.4. The molecule has 6 nitrogen and oxygen atoms in total. The standard InChI is InChI=1S/C57H98O6/c1-4-7-10-13-16-19-22-24-26-27-28-29-31-32-35-38-41-44-47-50-56(59)62-53-54(52-61-55(58)49-46-43-40-37-34-21-18-15-12-9-6-3)63-57(60)51-48-45-42-39-36-33-30-25-23-20-17-14-11-8-5-2/h16-17,19-20,24-26,28-30,32,35,54H,4-15,18,21-23,27,31,33-34,36-53H2,1-3H3/b19-16-,20-17-,26-24-,29-28-,30-25-,35-32-/t54-/m1/s1. The van der Waals surface area contributed by atoms with Crippen LogP contribution in [0.4, 0.5) is 0 Å². The van der Waals surface area contributed by atoms with Crippen LogP contribution in [0.15, 0.2) is 72.9 Å². The van der Waals surface area contributed by atoms with Gasteiger partial charge in [-0.15, -0.1) is 0 Å². The quantitative estimate of drug-likeness (QED) is 0.0262. The third-order valence-corrected chi connectivity index (χ3v) is 11.2. The minimum absolute atomic E-state index is 0.0902. The average Bonchev–Trinajstić information content (AvgIpc) is 3.28. The molecule has 0 heterocycles. The Labute approximate surface area is 389 Å². The average molecular weight is 879 g/mol. The predicted octanol–water partition coefficient (Wildman–Crippen LogP) is 17.4. The van der Waals surface area contributed by atoms with Crippen molar-refractivity contribution in [3.05, 3.63) is 72.9 Å². The van der Waals surface area contributed by atoms with E-state index in [9.17, 15) is 14.4 Å². The molecule has 0 bridgehead atoms. The number of hydrogen-bond acceptors (Lipinski definition) is 6.